The van der Waals surface area contributed by atoms with E-state index in [0.717, 1.165) is 29.9 Å². The Bertz CT molecular complexity index is 1140. The number of anilines is 1. The third-order valence-corrected chi connectivity index (χ3v) is 6.72. The van der Waals surface area contributed by atoms with Crippen molar-refractivity contribution in [2.75, 3.05) is 11.9 Å². The highest BCUT2D eigenvalue weighted by atomic mass is 16.3. The Balaban J connectivity index is 1.44. The monoisotopic (exact) mass is 386 g/mol. The molecule has 148 valence electrons. The molecule has 1 aliphatic carbocycles. The highest BCUT2D eigenvalue weighted by Crippen LogP contribution is 2.43. The van der Waals surface area contributed by atoms with Gasteiger partial charge in [0, 0.05) is 47.7 Å². The highest BCUT2D eigenvalue weighted by Gasteiger charge is 2.42. The molecule has 3 aromatic rings. The van der Waals surface area contributed by atoms with E-state index in [-0.39, 0.29) is 11.5 Å². The van der Waals surface area contributed by atoms with Crippen LogP contribution in [0.4, 0.5) is 11.4 Å². The van der Waals surface area contributed by atoms with Gasteiger partial charge in [0.2, 0.25) is 5.69 Å². The number of furan rings is 1. The zero-order valence-electron chi connectivity index (χ0n) is 17.5. The van der Waals surface area contributed by atoms with E-state index in [4.69, 9.17) is 9.52 Å². The van der Waals surface area contributed by atoms with Crippen LogP contribution in [0.2, 0.25) is 0 Å². The second kappa shape index (κ2) is 6.58. The minimum absolute atomic E-state index is 0.0106. The molecular formula is C25H28N3O+. The lowest BCUT2D eigenvalue weighted by molar-refractivity contribution is -0.435. The summed E-state index contributed by atoms with van der Waals surface area (Å²) in [6.45, 7) is 8.74. The number of aryl methyl sites for hydroxylation is 2. The number of hydrogen-bond acceptors (Lipinski definition) is 3. The van der Waals surface area contributed by atoms with Gasteiger partial charge in [0.25, 0.3) is 0 Å². The molecule has 0 saturated heterocycles. The smallest absolute Gasteiger partial charge is 0.238 e. The molecule has 0 saturated carbocycles. The number of likely N-dealkylation sites (N-methyl/N-ethyl adjacent to an activating group) is 1. The summed E-state index contributed by atoms with van der Waals surface area (Å²) in [6, 6.07) is 15.1. The molecule has 0 amide bonds. The Labute approximate surface area is 172 Å². The van der Waals surface area contributed by atoms with Gasteiger partial charge in [-0.2, -0.15) is 0 Å². The normalized spacial score (nSPS) is 20.2. The summed E-state index contributed by atoms with van der Waals surface area (Å²) in [4.78, 5) is 2.31. The van der Waals surface area contributed by atoms with Gasteiger partial charge in [-0.25, -0.2) is 0 Å². The molecule has 2 heterocycles. The zero-order valence-corrected chi connectivity index (χ0v) is 17.5. The van der Waals surface area contributed by atoms with E-state index in [1.165, 1.54) is 35.0 Å². The van der Waals surface area contributed by atoms with Gasteiger partial charge in [0.1, 0.15) is 11.3 Å². The quantitative estimate of drug-likeness (QED) is 0.341. The maximum Gasteiger partial charge on any atom is 0.238 e. The molecule has 1 unspecified atom stereocenters. The van der Waals surface area contributed by atoms with Crippen molar-refractivity contribution in [3.05, 3.63) is 59.4 Å². The first-order chi connectivity index (χ1) is 14.0. The summed E-state index contributed by atoms with van der Waals surface area (Å²) in [6.07, 6.45) is 6.64. The SMILES string of the molecule is C=[N+](N=CC1N(C)c2ccccc2C1(C)C)c1ccc2oc3c(c2c1)CCCC3. The molecule has 0 N–H and O–H groups in total. The van der Waals surface area contributed by atoms with Crippen LogP contribution >= 0.6 is 0 Å². The topological polar surface area (TPSA) is 31.8 Å². The summed E-state index contributed by atoms with van der Waals surface area (Å²) in [7, 11) is 2.14. The fraction of sp³-hybridized carbons (Fsp3) is 0.360. The first-order valence-corrected chi connectivity index (χ1v) is 10.5. The lowest BCUT2D eigenvalue weighted by Gasteiger charge is -2.28. The molecule has 0 radical (unpaired) electrons. The summed E-state index contributed by atoms with van der Waals surface area (Å²) < 4.78 is 7.79. The minimum Gasteiger partial charge on any atom is -0.461 e. The molecule has 2 aliphatic rings. The summed E-state index contributed by atoms with van der Waals surface area (Å²) in [5.74, 6) is 1.16. The number of para-hydroxylation sites is 1. The Kier molecular flexibility index (Phi) is 4.12. The van der Waals surface area contributed by atoms with Crippen molar-refractivity contribution in [3.8, 4) is 0 Å². The largest absolute Gasteiger partial charge is 0.461 e. The fourth-order valence-electron chi connectivity index (χ4n) is 5.03. The van der Waals surface area contributed by atoms with Crippen molar-refractivity contribution in [1.29, 1.82) is 0 Å². The van der Waals surface area contributed by atoms with Crippen LogP contribution < -0.4 is 4.90 Å². The average Bonchev–Trinajstić information content (AvgIpc) is 3.19. The molecule has 0 spiro atoms. The van der Waals surface area contributed by atoms with Gasteiger partial charge in [-0.1, -0.05) is 36.7 Å². The van der Waals surface area contributed by atoms with Crippen LogP contribution in [0.1, 0.15) is 43.6 Å². The number of nitrogens with zero attached hydrogens (tertiary/aromatic N) is 3. The van der Waals surface area contributed by atoms with E-state index in [0.29, 0.717) is 0 Å². The summed E-state index contributed by atoms with van der Waals surface area (Å²) >= 11 is 0. The molecule has 5 rings (SSSR count). The van der Waals surface area contributed by atoms with E-state index in [2.05, 4.69) is 68.9 Å². The number of fused-ring (bicyclic) bond motifs is 4. The van der Waals surface area contributed by atoms with Crippen molar-refractivity contribution in [1.82, 2.24) is 0 Å². The van der Waals surface area contributed by atoms with Gasteiger partial charge in [-0.3, -0.25) is 0 Å². The van der Waals surface area contributed by atoms with E-state index >= 15 is 0 Å². The van der Waals surface area contributed by atoms with Crippen LogP contribution in [-0.2, 0) is 18.3 Å². The summed E-state index contributed by atoms with van der Waals surface area (Å²) in [5.41, 5.74) is 5.96. The molecule has 0 fully saturated rings. The Morgan fingerprint density at radius 3 is 2.79 bits per heavy atom. The van der Waals surface area contributed by atoms with Crippen molar-refractivity contribution >= 4 is 35.3 Å². The molecule has 4 heteroatoms. The van der Waals surface area contributed by atoms with Crippen molar-refractivity contribution < 1.29 is 9.10 Å². The second-order valence-electron chi connectivity index (χ2n) is 8.85. The molecule has 1 aromatic heterocycles. The van der Waals surface area contributed by atoms with Crippen LogP contribution in [0, 0.1) is 0 Å². The first-order valence-electron chi connectivity index (χ1n) is 10.5. The average molecular weight is 387 g/mol. The first kappa shape index (κ1) is 18.2. The van der Waals surface area contributed by atoms with Crippen LogP contribution in [0.3, 0.4) is 0 Å². The number of hydrogen-bond donors (Lipinski definition) is 0. The minimum atomic E-state index is -0.0106. The maximum atomic E-state index is 6.06. The van der Waals surface area contributed by atoms with Crippen molar-refractivity contribution in [2.45, 2.75) is 51.0 Å². The molecule has 0 bridgehead atoms. The standard InChI is InChI=1S/C25H28N3O/c1-25(2)20-10-6-7-11-21(20)27(3)24(25)16-26-28(4)17-13-14-23-19(15-17)18-9-5-8-12-22(18)29-23/h6-7,10-11,13-16,24H,4-5,8-9,12H2,1-3H3/q+1. The van der Waals surface area contributed by atoms with Gasteiger partial charge >= 0.3 is 0 Å². The third kappa shape index (κ3) is 2.81. The number of benzene rings is 2. The Hall–Kier alpha value is -2.88. The van der Waals surface area contributed by atoms with Crippen LogP contribution in [0.15, 0.2) is 52.0 Å². The van der Waals surface area contributed by atoms with Crippen LogP contribution in [-0.4, -0.2) is 30.7 Å². The van der Waals surface area contributed by atoms with Crippen LogP contribution in [0.5, 0.6) is 0 Å². The van der Waals surface area contributed by atoms with Gasteiger partial charge in [0.15, 0.2) is 6.72 Å². The van der Waals surface area contributed by atoms with Crippen LogP contribution in [0.25, 0.3) is 11.0 Å². The predicted molar refractivity (Wildman–Crippen MR) is 120 cm³/mol. The fourth-order valence-corrected chi connectivity index (χ4v) is 5.03. The molecule has 1 aliphatic heterocycles. The van der Waals surface area contributed by atoms with E-state index in [1.807, 2.05) is 12.3 Å². The van der Waals surface area contributed by atoms with Gasteiger partial charge < -0.3 is 9.32 Å². The molecule has 4 nitrogen and oxygen atoms in total. The predicted octanol–water partition coefficient (Wildman–Crippen LogP) is 5.44. The Morgan fingerprint density at radius 2 is 1.97 bits per heavy atom. The Morgan fingerprint density at radius 1 is 1.17 bits per heavy atom. The number of rotatable bonds is 3. The van der Waals surface area contributed by atoms with Gasteiger partial charge in [-0.15, -0.1) is 0 Å². The second-order valence-corrected chi connectivity index (χ2v) is 8.85. The maximum absolute atomic E-state index is 6.06. The van der Waals surface area contributed by atoms with Gasteiger partial charge in [-0.05, 0) is 42.1 Å². The number of hydrazone groups is 1. The molecule has 1 atom stereocenters. The van der Waals surface area contributed by atoms with E-state index in [1.54, 1.807) is 4.68 Å². The highest BCUT2D eigenvalue weighted by molar-refractivity contribution is 5.85. The summed E-state index contributed by atoms with van der Waals surface area (Å²) in [5, 5.41) is 5.95. The van der Waals surface area contributed by atoms with E-state index in [9.17, 15) is 0 Å². The third-order valence-electron chi connectivity index (χ3n) is 6.72. The lowest BCUT2D eigenvalue weighted by Crippen LogP contribution is -2.40. The van der Waals surface area contributed by atoms with Gasteiger partial charge in [0.05, 0.1) is 12.3 Å². The van der Waals surface area contributed by atoms with Crippen molar-refractivity contribution in [2.24, 2.45) is 5.10 Å². The molecular weight excluding hydrogens is 358 g/mol. The molecule has 29 heavy (non-hydrogen) atoms. The van der Waals surface area contributed by atoms with Crippen molar-refractivity contribution in [3.63, 3.8) is 0 Å². The van der Waals surface area contributed by atoms with E-state index < -0.39 is 0 Å². The lowest BCUT2D eigenvalue weighted by atomic mass is 9.81. The molecule has 2 aromatic carbocycles. The zero-order chi connectivity index (χ0) is 20.2.